The van der Waals surface area contributed by atoms with Crippen LogP contribution in [-0.4, -0.2) is 11.1 Å². The highest BCUT2D eigenvalue weighted by molar-refractivity contribution is 5.91. The molecule has 0 unspecified atom stereocenters. The summed E-state index contributed by atoms with van der Waals surface area (Å²) in [5.74, 6) is -1.28. The van der Waals surface area contributed by atoms with Crippen LogP contribution in [0.3, 0.4) is 0 Å². The van der Waals surface area contributed by atoms with Gasteiger partial charge in [-0.2, -0.15) is 0 Å². The lowest BCUT2D eigenvalue weighted by Gasteiger charge is -2.27. The van der Waals surface area contributed by atoms with E-state index in [2.05, 4.69) is 257 Å². The van der Waals surface area contributed by atoms with E-state index in [1.165, 1.54) is 6.08 Å². The van der Waals surface area contributed by atoms with Crippen molar-refractivity contribution in [3.05, 3.63) is 307 Å². The van der Waals surface area contributed by atoms with Gasteiger partial charge >= 0.3 is 5.97 Å². The fraction of sp³-hybridized carbons (Fsp3) is 0. The second kappa shape index (κ2) is 21.0. The topological polar surface area (TPSA) is 48.1 Å². The van der Waals surface area contributed by atoms with Crippen LogP contribution in [0.5, 0.6) is 0 Å². The molecule has 71 heavy (non-hydrogen) atoms. The van der Waals surface area contributed by atoms with Gasteiger partial charge in [0, 0.05) is 34.1 Å². The minimum absolute atomic E-state index is 0.371. The van der Waals surface area contributed by atoms with E-state index in [1.807, 2.05) is 24.3 Å². The first kappa shape index (κ1) is 45.0. The van der Waals surface area contributed by atoms with Crippen molar-refractivity contribution in [3.63, 3.8) is 0 Å². The number of anilines is 6. The van der Waals surface area contributed by atoms with Crippen LogP contribution < -0.4 is 9.80 Å². The number of rotatable bonds is 14. The molecule has 0 bridgehead atoms. The number of hydrogen-bond acceptors (Lipinski definition) is 3. The normalized spacial score (nSPS) is 11.0. The van der Waals surface area contributed by atoms with Crippen molar-refractivity contribution in [2.24, 2.45) is 0 Å². The molecular formula is C66H47N3O2. The lowest BCUT2D eigenvalue weighted by Crippen LogP contribution is -2.10. The molecule has 0 amide bonds. The molecule has 0 saturated carbocycles. The fourth-order valence-electron chi connectivity index (χ4n) is 8.89. The maximum absolute atomic E-state index is 12.1. The van der Waals surface area contributed by atoms with Gasteiger partial charge in [0.25, 0.3) is 5.70 Å². The number of hydrogen-bond donors (Lipinski definition) is 1. The molecule has 0 aliphatic carbocycles. The summed E-state index contributed by atoms with van der Waals surface area (Å²) < 4.78 is 0. The highest BCUT2D eigenvalue weighted by Crippen LogP contribution is 2.40. The third-order valence-electron chi connectivity index (χ3n) is 12.6. The third kappa shape index (κ3) is 10.2. The Labute approximate surface area is 415 Å². The maximum atomic E-state index is 12.1. The molecule has 0 heterocycles. The Bertz CT molecular complexity index is 3100. The van der Waals surface area contributed by atoms with Gasteiger partial charge in [-0.05, 0) is 140 Å². The van der Waals surface area contributed by atoms with E-state index in [9.17, 15) is 9.90 Å². The van der Waals surface area contributed by atoms with Crippen LogP contribution in [0.25, 0.3) is 54.9 Å². The Morgan fingerprint density at radius 3 is 0.775 bits per heavy atom. The molecule has 10 rings (SSSR count). The highest BCUT2D eigenvalue weighted by atomic mass is 16.4. The van der Waals surface area contributed by atoms with Crippen molar-refractivity contribution in [1.82, 2.24) is 0 Å². The summed E-state index contributed by atoms with van der Waals surface area (Å²) in [5.41, 5.74) is 17.1. The standard InChI is InChI=1S/C66H47N3O2/c1-67-65(66(70)71)47-46-64(56-30-42-62(43-31-56)68(58-34-22-52(23-35-58)48-14-6-2-7-15-48)59-36-24-53(25-37-59)49-16-8-3-9-17-49)57-32-44-63(45-33-57)69(60-38-26-54(27-39-60)50-18-10-4-11-19-50)61-40-28-55(29-41-61)51-20-12-5-13-21-51/h2-47H,(H,70,71). The zero-order valence-electron chi connectivity index (χ0n) is 38.8. The van der Waals surface area contributed by atoms with Gasteiger partial charge in [-0.1, -0.05) is 200 Å². The first-order valence-electron chi connectivity index (χ1n) is 23.4. The first-order valence-corrected chi connectivity index (χ1v) is 23.4. The average molecular weight is 914 g/mol. The maximum Gasteiger partial charge on any atom is 0.333 e. The van der Waals surface area contributed by atoms with Crippen molar-refractivity contribution in [2.75, 3.05) is 9.80 Å². The van der Waals surface area contributed by atoms with Gasteiger partial charge < -0.3 is 14.9 Å². The van der Waals surface area contributed by atoms with Gasteiger partial charge in [0.1, 0.15) is 0 Å². The first-order chi connectivity index (χ1) is 35.0. The van der Waals surface area contributed by atoms with E-state index in [0.717, 1.165) is 95.3 Å². The van der Waals surface area contributed by atoms with Gasteiger partial charge in [0.05, 0.1) is 6.57 Å². The Balaban J connectivity index is 1.02. The molecule has 0 radical (unpaired) electrons. The summed E-state index contributed by atoms with van der Waals surface area (Å²) >= 11 is 0. The Hall–Kier alpha value is -9.76. The van der Waals surface area contributed by atoms with Crippen LogP contribution in [0, 0.1) is 6.57 Å². The second-order valence-corrected chi connectivity index (χ2v) is 17.0. The summed E-state index contributed by atoms with van der Waals surface area (Å²) in [6.07, 6.45) is 3.12. The molecule has 0 spiro atoms. The van der Waals surface area contributed by atoms with Crippen molar-refractivity contribution in [3.8, 4) is 44.5 Å². The number of carboxylic acids is 1. The van der Waals surface area contributed by atoms with Gasteiger partial charge in [0.2, 0.25) is 0 Å². The molecule has 1 N–H and O–H groups in total. The number of carboxylic acid groups (broad SMARTS) is 1. The number of carbonyl (C=O) groups is 1. The molecule has 0 aromatic heterocycles. The molecule has 0 fully saturated rings. The Morgan fingerprint density at radius 1 is 0.324 bits per heavy atom. The average Bonchev–Trinajstić information content (AvgIpc) is 3.44. The molecule has 0 atom stereocenters. The lowest BCUT2D eigenvalue weighted by molar-refractivity contribution is -0.132. The molecule has 10 aromatic rings. The van der Waals surface area contributed by atoms with Crippen molar-refractivity contribution >= 4 is 45.7 Å². The number of nitrogens with zero attached hydrogens (tertiary/aromatic N) is 3. The Morgan fingerprint density at radius 2 is 0.549 bits per heavy atom. The quantitative estimate of drug-likeness (QED) is 0.0671. The monoisotopic (exact) mass is 913 g/mol. The fourth-order valence-corrected chi connectivity index (χ4v) is 8.89. The summed E-state index contributed by atoms with van der Waals surface area (Å²) in [4.78, 5) is 19.9. The molecule has 5 heteroatoms. The minimum atomic E-state index is -1.28. The summed E-state index contributed by atoms with van der Waals surface area (Å²) in [6.45, 7) is 7.61. The van der Waals surface area contributed by atoms with Crippen molar-refractivity contribution < 1.29 is 9.90 Å². The SMILES string of the molecule is [C-]#[N+]C(=CC=C(c1ccc(N(c2ccc(-c3ccccc3)cc2)c2ccc(-c3ccccc3)cc2)cc1)c1ccc(N(c2ccc(-c3ccccc3)cc2)c2ccc(-c3ccccc3)cc2)cc1)C(=O)O. The molecule has 338 valence electrons. The van der Waals surface area contributed by atoms with Gasteiger partial charge in [-0.3, -0.25) is 4.79 Å². The van der Waals surface area contributed by atoms with Gasteiger partial charge in [0.15, 0.2) is 0 Å². The zero-order valence-corrected chi connectivity index (χ0v) is 38.8. The second-order valence-electron chi connectivity index (χ2n) is 17.0. The van der Waals surface area contributed by atoms with Gasteiger partial charge in [-0.15, -0.1) is 0 Å². The van der Waals surface area contributed by atoms with Crippen molar-refractivity contribution in [1.29, 1.82) is 0 Å². The largest absolute Gasteiger partial charge is 0.486 e. The number of allylic oxidation sites excluding steroid dienone is 2. The third-order valence-corrected chi connectivity index (χ3v) is 12.6. The van der Waals surface area contributed by atoms with Crippen LogP contribution in [0.2, 0.25) is 0 Å². The summed E-state index contributed by atoms with van der Waals surface area (Å²) in [6, 6.07) is 92.4. The van der Waals surface area contributed by atoms with Crippen LogP contribution >= 0.6 is 0 Å². The van der Waals surface area contributed by atoms with E-state index >= 15 is 0 Å². The minimum Gasteiger partial charge on any atom is -0.486 e. The van der Waals surface area contributed by atoms with E-state index in [0.29, 0.717) is 0 Å². The highest BCUT2D eigenvalue weighted by Gasteiger charge is 2.18. The van der Waals surface area contributed by atoms with Crippen LogP contribution in [0.1, 0.15) is 11.1 Å². The van der Waals surface area contributed by atoms with Crippen LogP contribution in [-0.2, 0) is 4.79 Å². The van der Waals surface area contributed by atoms with E-state index < -0.39 is 5.97 Å². The lowest BCUT2D eigenvalue weighted by atomic mass is 9.96. The molecule has 10 aromatic carbocycles. The Kier molecular flexibility index (Phi) is 13.3. The van der Waals surface area contributed by atoms with E-state index in [4.69, 9.17) is 6.57 Å². The predicted molar refractivity (Wildman–Crippen MR) is 293 cm³/mol. The van der Waals surface area contributed by atoms with Gasteiger partial charge in [-0.25, -0.2) is 4.85 Å². The van der Waals surface area contributed by atoms with E-state index in [1.54, 1.807) is 6.08 Å². The summed E-state index contributed by atoms with van der Waals surface area (Å²) in [5, 5.41) is 9.86. The van der Waals surface area contributed by atoms with Crippen LogP contribution in [0.4, 0.5) is 34.1 Å². The predicted octanol–water partition coefficient (Wildman–Crippen LogP) is 17.6. The number of benzene rings is 10. The molecular weight excluding hydrogens is 867 g/mol. The molecule has 0 aliphatic rings. The number of aliphatic carboxylic acids is 1. The smallest absolute Gasteiger partial charge is 0.333 e. The molecule has 0 saturated heterocycles. The molecule has 0 aliphatic heterocycles. The van der Waals surface area contributed by atoms with E-state index in [-0.39, 0.29) is 5.70 Å². The zero-order chi connectivity index (χ0) is 48.4. The molecule has 5 nitrogen and oxygen atoms in total. The van der Waals surface area contributed by atoms with Crippen molar-refractivity contribution in [2.45, 2.75) is 0 Å². The summed E-state index contributed by atoms with van der Waals surface area (Å²) in [7, 11) is 0. The van der Waals surface area contributed by atoms with Crippen LogP contribution in [0.15, 0.2) is 285 Å².